The maximum Gasteiger partial charge on any atom is 0.357 e. The van der Waals surface area contributed by atoms with Crippen molar-refractivity contribution >= 4 is 22.4 Å². The predicted molar refractivity (Wildman–Crippen MR) is 73.8 cm³/mol. The van der Waals surface area contributed by atoms with E-state index in [1.807, 2.05) is 0 Å². The SMILES string of the molecule is CCOC(=O)c1csc(NCCN2CCOCC2)n1. The van der Waals surface area contributed by atoms with Gasteiger partial charge in [-0.2, -0.15) is 0 Å². The van der Waals surface area contributed by atoms with Gasteiger partial charge in [0.2, 0.25) is 0 Å². The van der Waals surface area contributed by atoms with Gasteiger partial charge in [-0.25, -0.2) is 9.78 Å². The maximum absolute atomic E-state index is 11.5. The van der Waals surface area contributed by atoms with E-state index in [-0.39, 0.29) is 5.97 Å². The van der Waals surface area contributed by atoms with E-state index in [2.05, 4.69) is 15.2 Å². The molecule has 0 saturated carbocycles. The highest BCUT2D eigenvalue weighted by Gasteiger charge is 2.12. The van der Waals surface area contributed by atoms with Crippen LogP contribution in [0.25, 0.3) is 0 Å². The number of thiazole rings is 1. The van der Waals surface area contributed by atoms with Crippen LogP contribution < -0.4 is 5.32 Å². The number of morpholine rings is 1. The number of rotatable bonds is 6. The third kappa shape index (κ3) is 4.45. The van der Waals surface area contributed by atoms with Crippen LogP contribution in [0.5, 0.6) is 0 Å². The molecule has 1 aromatic rings. The Bertz CT molecular complexity index is 405. The Labute approximate surface area is 116 Å². The minimum absolute atomic E-state index is 0.361. The van der Waals surface area contributed by atoms with Gasteiger partial charge in [0, 0.05) is 31.6 Å². The first-order valence-electron chi connectivity index (χ1n) is 6.46. The van der Waals surface area contributed by atoms with Gasteiger partial charge in [0.25, 0.3) is 0 Å². The van der Waals surface area contributed by atoms with Crippen molar-refractivity contribution in [1.29, 1.82) is 0 Å². The summed E-state index contributed by atoms with van der Waals surface area (Å²) in [6.45, 7) is 7.51. The minimum Gasteiger partial charge on any atom is -0.461 e. The quantitative estimate of drug-likeness (QED) is 0.789. The molecule has 0 amide bonds. The van der Waals surface area contributed by atoms with Crippen molar-refractivity contribution in [1.82, 2.24) is 9.88 Å². The second-order valence-corrected chi connectivity index (χ2v) is 5.00. The molecule has 0 radical (unpaired) electrons. The van der Waals surface area contributed by atoms with Gasteiger partial charge < -0.3 is 14.8 Å². The van der Waals surface area contributed by atoms with Crippen molar-refractivity contribution in [2.24, 2.45) is 0 Å². The standard InChI is InChI=1S/C12H19N3O3S/c1-2-18-11(16)10-9-19-12(14-10)13-3-4-15-5-7-17-8-6-15/h9H,2-8H2,1H3,(H,13,14). The molecule has 1 N–H and O–H groups in total. The largest absolute Gasteiger partial charge is 0.461 e. The van der Waals surface area contributed by atoms with Crippen molar-refractivity contribution < 1.29 is 14.3 Å². The zero-order valence-corrected chi connectivity index (χ0v) is 11.9. The summed E-state index contributed by atoms with van der Waals surface area (Å²) in [5.74, 6) is -0.361. The molecule has 1 aliphatic heterocycles. The topological polar surface area (TPSA) is 63.7 Å². The lowest BCUT2D eigenvalue weighted by Crippen LogP contribution is -2.39. The van der Waals surface area contributed by atoms with E-state index in [0.717, 1.165) is 44.5 Å². The van der Waals surface area contributed by atoms with Crippen LogP contribution in [0.15, 0.2) is 5.38 Å². The third-order valence-corrected chi connectivity index (χ3v) is 3.60. The molecular formula is C12H19N3O3S. The maximum atomic E-state index is 11.5. The monoisotopic (exact) mass is 285 g/mol. The first-order chi connectivity index (χ1) is 9.29. The summed E-state index contributed by atoms with van der Waals surface area (Å²) in [6.07, 6.45) is 0. The highest BCUT2D eigenvalue weighted by atomic mass is 32.1. The number of ether oxygens (including phenoxy) is 2. The molecule has 0 aromatic carbocycles. The molecule has 106 valence electrons. The Morgan fingerprint density at radius 1 is 1.58 bits per heavy atom. The molecule has 6 nitrogen and oxygen atoms in total. The fraction of sp³-hybridized carbons (Fsp3) is 0.667. The summed E-state index contributed by atoms with van der Waals surface area (Å²) < 4.78 is 10.2. The van der Waals surface area contributed by atoms with Crippen molar-refractivity contribution in [3.63, 3.8) is 0 Å². The van der Waals surface area contributed by atoms with Crippen LogP contribution in [0.4, 0.5) is 5.13 Å². The van der Waals surface area contributed by atoms with Crippen molar-refractivity contribution in [2.75, 3.05) is 51.3 Å². The Hall–Kier alpha value is -1.18. The lowest BCUT2D eigenvalue weighted by Gasteiger charge is -2.26. The van der Waals surface area contributed by atoms with Crippen LogP contribution >= 0.6 is 11.3 Å². The molecule has 1 saturated heterocycles. The van der Waals surface area contributed by atoms with Gasteiger partial charge in [0.05, 0.1) is 19.8 Å². The molecule has 0 aliphatic carbocycles. The normalized spacial score (nSPS) is 16.3. The number of anilines is 1. The van der Waals surface area contributed by atoms with Crippen molar-refractivity contribution in [2.45, 2.75) is 6.92 Å². The molecular weight excluding hydrogens is 266 g/mol. The Balaban J connectivity index is 1.72. The first-order valence-corrected chi connectivity index (χ1v) is 7.34. The fourth-order valence-electron chi connectivity index (χ4n) is 1.80. The van der Waals surface area contributed by atoms with Gasteiger partial charge in [-0.15, -0.1) is 11.3 Å². The molecule has 0 spiro atoms. The smallest absolute Gasteiger partial charge is 0.357 e. The van der Waals surface area contributed by atoms with Gasteiger partial charge >= 0.3 is 5.97 Å². The van der Waals surface area contributed by atoms with Gasteiger partial charge in [-0.05, 0) is 6.92 Å². The highest BCUT2D eigenvalue weighted by Crippen LogP contribution is 2.15. The van der Waals surface area contributed by atoms with Gasteiger partial charge in [-0.3, -0.25) is 4.90 Å². The van der Waals surface area contributed by atoms with E-state index in [1.54, 1.807) is 12.3 Å². The number of hydrogen-bond donors (Lipinski definition) is 1. The summed E-state index contributed by atoms with van der Waals surface area (Å²) >= 11 is 1.42. The Morgan fingerprint density at radius 3 is 3.11 bits per heavy atom. The van der Waals surface area contributed by atoms with Crippen LogP contribution in [0, 0.1) is 0 Å². The van der Waals surface area contributed by atoms with Crippen LogP contribution in [0.2, 0.25) is 0 Å². The summed E-state index contributed by atoms with van der Waals surface area (Å²) in [4.78, 5) is 18.0. The van der Waals surface area contributed by atoms with E-state index in [9.17, 15) is 4.79 Å². The number of nitrogens with one attached hydrogen (secondary N) is 1. The van der Waals surface area contributed by atoms with Crippen LogP contribution in [0.3, 0.4) is 0 Å². The minimum atomic E-state index is -0.361. The molecule has 0 bridgehead atoms. The molecule has 7 heteroatoms. The van der Waals surface area contributed by atoms with E-state index in [4.69, 9.17) is 9.47 Å². The van der Waals surface area contributed by atoms with E-state index >= 15 is 0 Å². The summed E-state index contributed by atoms with van der Waals surface area (Å²) in [7, 11) is 0. The van der Waals surface area contributed by atoms with Gasteiger partial charge in [0.15, 0.2) is 10.8 Å². The Morgan fingerprint density at radius 2 is 2.37 bits per heavy atom. The zero-order valence-electron chi connectivity index (χ0n) is 11.1. The van der Waals surface area contributed by atoms with E-state index < -0.39 is 0 Å². The number of carbonyl (C=O) groups is 1. The molecule has 2 rings (SSSR count). The number of hydrogen-bond acceptors (Lipinski definition) is 7. The molecule has 1 fully saturated rings. The lowest BCUT2D eigenvalue weighted by molar-refractivity contribution is 0.0398. The second kappa shape index (κ2) is 7.42. The number of carbonyl (C=O) groups excluding carboxylic acids is 1. The van der Waals surface area contributed by atoms with E-state index in [0.29, 0.717) is 12.3 Å². The first kappa shape index (κ1) is 14.2. The van der Waals surface area contributed by atoms with Crippen molar-refractivity contribution in [3.05, 3.63) is 11.1 Å². The average molecular weight is 285 g/mol. The summed E-state index contributed by atoms with van der Waals surface area (Å²) in [5.41, 5.74) is 0.376. The summed E-state index contributed by atoms with van der Waals surface area (Å²) in [5, 5.41) is 5.70. The molecule has 0 unspecified atom stereocenters. The van der Waals surface area contributed by atoms with Crippen molar-refractivity contribution in [3.8, 4) is 0 Å². The van der Waals surface area contributed by atoms with Crippen LogP contribution in [-0.4, -0.2) is 61.9 Å². The fourth-order valence-corrected chi connectivity index (χ4v) is 2.51. The lowest BCUT2D eigenvalue weighted by atomic mass is 10.4. The number of aromatic nitrogens is 1. The molecule has 0 atom stereocenters. The number of nitrogens with zero attached hydrogens (tertiary/aromatic N) is 2. The molecule has 1 aromatic heterocycles. The zero-order chi connectivity index (χ0) is 13.5. The predicted octanol–water partition coefficient (Wildman–Crippen LogP) is 1.06. The number of esters is 1. The van der Waals surface area contributed by atoms with Crippen LogP contribution in [-0.2, 0) is 9.47 Å². The van der Waals surface area contributed by atoms with Gasteiger partial charge in [0.1, 0.15) is 0 Å². The molecule has 2 heterocycles. The third-order valence-electron chi connectivity index (χ3n) is 2.80. The Kier molecular flexibility index (Phi) is 5.56. The summed E-state index contributed by atoms with van der Waals surface area (Å²) in [6, 6.07) is 0. The molecule has 19 heavy (non-hydrogen) atoms. The second-order valence-electron chi connectivity index (χ2n) is 4.14. The van der Waals surface area contributed by atoms with Crippen LogP contribution in [0.1, 0.15) is 17.4 Å². The van der Waals surface area contributed by atoms with E-state index in [1.165, 1.54) is 11.3 Å². The highest BCUT2D eigenvalue weighted by molar-refractivity contribution is 7.13. The molecule has 1 aliphatic rings. The van der Waals surface area contributed by atoms with Gasteiger partial charge in [-0.1, -0.05) is 0 Å². The average Bonchev–Trinajstić information content (AvgIpc) is 2.89.